The predicted molar refractivity (Wildman–Crippen MR) is 137 cm³/mol. The number of carboxylic acid groups (broad SMARTS) is 1. The van der Waals surface area contributed by atoms with E-state index in [2.05, 4.69) is 21.3 Å². The summed E-state index contributed by atoms with van der Waals surface area (Å²) in [6, 6.07) is 13.0. The van der Waals surface area contributed by atoms with Gasteiger partial charge in [-0.2, -0.15) is 0 Å². The summed E-state index contributed by atoms with van der Waals surface area (Å²) in [6.45, 7) is 5.49. The lowest BCUT2D eigenvalue weighted by atomic mass is 10.0. The van der Waals surface area contributed by atoms with Crippen molar-refractivity contribution in [3.8, 4) is 0 Å². The van der Waals surface area contributed by atoms with Crippen molar-refractivity contribution < 1.29 is 29.4 Å². The van der Waals surface area contributed by atoms with E-state index in [-0.39, 0.29) is 30.8 Å². The molecule has 0 fully saturated rings. The third-order valence-electron chi connectivity index (χ3n) is 5.25. The van der Waals surface area contributed by atoms with Crippen LogP contribution < -0.4 is 21.3 Å². The summed E-state index contributed by atoms with van der Waals surface area (Å²) in [4.78, 5) is 48.0. The lowest BCUT2D eigenvalue weighted by Gasteiger charge is -2.21. The third-order valence-corrected chi connectivity index (χ3v) is 5.25. The zero-order valence-corrected chi connectivity index (χ0v) is 20.7. The zero-order chi connectivity index (χ0) is 26.7. The van der Waals surface area contributed by atoms with Crippen LogP contribution >= 0.6 is 0 Å². The second-order valence-electron chi connectivity index (χ2n) is 9.01. The normalized spacial score (nSPS) is 12.4. The Morgan fingerprint density at radius 1 is 0.944 bits per heavy atom. The van der Waals surface area contributed by atoms with Crippen LogP contribution in [-0.4, -0.2) is 52.7 Å². The van der Waals surface area contributed by atoms with Gasteiger partial charge in [-0.25, -0.2) is 4.79 Å². The van der Waals surface area contributed by atoms with Crippen molar-refractivity contribution in [3.63, 3.8) is 0 Å². The molecular weight excluding hydrogens is 464 g/mol. The van der Waals surface area contributed by atoms with Gasteiger partial charge < -0.3 is 31.5 Å². The molecule has 0 saturated heterocycles. The molecule has 10 heteroatoms. The van der Waals surface area contributed by atoms with Crippen molar-refractivity contribution in [2.24, 2.45) is 5.92 Å². The number of anilines is 2. The quantitative estimate of drug-likeness (QED) is 0.264. The molecule has 36 heavy (non-hydrogen) atoms. The van der Waals surface area contributed by atoms with Crippen LogP contribution in [0.3, 0.4) is 0 Å². The fourth-order valence-corrected chi connectivity index (χ4v) is 3.45. The highest BCUT2D eigenvalue weighted by Gasteiger charge is 2.23. The van der Waals surface area contributed by atoms with Crippen LogP contribution in [0, 0.1) is 12.8 Å². The van der Waals surface area contributed by atoms with Crippen molar-refractivity contribution in [3.05, 3.63) is 59.7 Å². The SMILES string of the molecule is Cc1ccccc1NC(=O)Nc1ccc(CC(=O)NC(CC(C)C)C(=O)NCC(O)CC(=O)O)cc1. The van der Waals surface area contributed by atoms with Gasteiger partial charge in [-0.05, 0) is 48.6 Å². The minimum Gasteiger partial charge on any atom is -0.481 e. The molecule has 0 saturated carbocycles. The first-order valence-electron chi connectivity index (χ1n) is 11.7. The molecule has 0 aliphatic carbocycles. The van der Waals surface area contributed by atoms with Crippen molar-refractivity contribution in [2.45, 2.75) is 52.2 Å². The van der Waals surface area contributed by atoms with Gasteiger partial charge in [0.25, 0.3) is 0 Å². The van der Waals surface area contributed by atoms with Crippen LogP contribution in [0.5, 0.6) is 0 Å². The first kappa shape index (κ1) is 28.3. The molecule has 2 rings (SSSR count). The first-order chi connectivity index (χ1) is 17.0. The van der Waals surface area contributed by atoms with E-state index in [9.17, 15) is 24.3 Å². The molecule has 4 amide bonds. The Morgan fingerprint density at radius 2 is 1.61 bits per heavy atom. The van der Waals surface area contributed by atoms with E-state index in [1.54, 1.807) is 24.3 Å². The highest BCUT2D eigenvalue weighted by Crippen LogP contribution is 2.15. The topological polar surface area (TPSA) is 157 Å². The summed E-state index contributed by atoms with van der Waals surface area (Å²) in [5.41, 5.74) is 2.90. The molecule has 0 aromatic heterocycles. The number of carboxylic acids is 1. The minimum atomic E-state index is -1.22. The van der Waals surface area contributed by atoms with E-state index in [1.165, 1.54) is 0 Å². The Morgan fingerprint density at radius 3 is 2.22 bits per heavy atom. The lowest BCUT2D eigenvalue weighted by Crippen LogP contribution is -2.49. The lowest BCUT2D eigenvalue weighted by molar-refractivity contribution is -0.139. The van der Waals surface area contributed by atoms with E-state index in [4.69, 9.17) is 5.11 Å². The Hall–Kier alpha value is -3.92. The Bertz CT molecular complexity index is 1050. The van der Waals surface area contributed by atoms with Crippen LogP contribution in [0.2, 0.25) is 0 Å². The van der Waals surface area contributed by atoms with Gasteiger partial charge in [-0.1, -0.05) is 44.2 Å². The number of hydrogen-bond donors (Lipinski definition) is 6. The predicted octanol–water partition coefficient (Wildman–Crippen LogP) is 2.66. The second kappa shape index (κ2) is 13.8. The van der Waals surface area contributed by atoms with E-state index in [0.29, 0.717) is 23.4 Å². The van der Waals surface area contributed by atoms with Gasteiger partial charge in [0.05, 0.1) is 18.9 Å². The van der Waals surface area contributed by atoms with Gasteiger partial charge in [-0.3, -0.25) is 14.4 Å². The third kappa shape index (κ3) is 10.1. The number of nitrogens with one attached hydrogen (secondary N) is 4. The molecule has 0 aliphatic heterocycles. The highest BCUT2D eigenvalue weighted by atomic mass is 16.4. The number of aliphatic hydroxyl groups is 1. The van der Waals surface area contributed by atoms with Gasteiger partial charge in [0.15, 0.2) is 0 Å². The van der Waals surface area contributed by atoms with Gasteiger partial charge in [0.2, 0.25) is 11.8 Å². The molecule has 2 aromatic rings. The van der Waals surface area contributed by atoms with Gasteiger partial charge >= 0.3 is 12.0 Å². The Balaban J connectivity index is 1.89. The molecule has 2 atom stereocenters. The van der Waals surface area contributed by atoms with Crippen LogP contribution in [-0.2, 0) is 20.8 Å². The first-order valence-corrected chi connectivity index (χ1v) is 11.7. The fraction of sp³-hybridized carbons (Fsp3) is 0.385. The van der Waals surface area contributed by atoms with Crippen molar-refractivity contribution in [2.75, 3.05) is 17.2 Å². The summed E-state index contributed by atoms with van der Waals surface area (Å²) in [6.07, 6.45) is -1.29. The van der Waals surface area contributed by atoms with Gasteiger partial charge in [0.1, 0.15) is 6.04 Å². The number of para-hydroxylation sites is 1. The highest BCUT2D eigenvalue weighted by molar-refractivity contribution is 6.00. The molecule has 2 unspecified atom stereocenters. The molecule has 2 aromatic carbocycles. The maximum absolute atomic E-state index is 12.6. The van der Waals surface area contributed by atoms with Crippen molar-refractivity contribution in [1.29, 1.82) is 0 Å². The molecule has 0 aliphatic rings. The maximum Gasteiger partial charge on any atom is 0.323 e. The van der Waals surface area contributed by atoms with Crippen molar-refractivity contribution >= 4 is 35.2 Å². The summed E-state index contributed by atoms with van der Waals surface area (Å²) >= 11 is 0. The molecule has 0 heterocycles. The number of hydrogen-bond acceptors (Lipinski definition) is 5. The van der Waals surface area contributed by atoms with E-state index in [0.717, 1.165) is 5.56 Å². The molecule has 10 nitrogen and oxygen atoms in total. The smallest absolute Gasteiger partial charge is 0.323 e. The number of carbonyl (C=O) groups excluding carboxylic acids is 3. The zero-order valence-electron chi connectivity index (χ0n) is 20.7. The second-order valence-corrected chi connectivity index (χ2v) is 9.01. The number of carbonyl (C=O) groups is 4. The summed E-state index contributed by atoms with van der Waals surface area (Å²) < 4.78 is 0. The summed E-state index contributed by atoms with van der Waals surface area (Å²) in [7, 11) is 0. The fourth-order valence-electron chi connectivity index (χ4n) is 3.45. The van der Waals surface area contributed by atoms with Crippen molar-refractivity contribution in [1.82, 2.24) is 10.6 Å². The summed E-state index contributed by atoms with van der Waals surface area (Å²) in [5, 5.41) is 29.1. The average Bonchev–Trinajstić information content (AvgIpc) is 2.79. The molecule has 6 N–H and O–H groups in total. The van der Waals surface area contributed by atoms with E-state index < -0.39 is 30.4 Å². The molecule has 0 spiro atoms. The van der Waals surface area contributed by atoms with Crippen LogP contribution in [0.4, 0.5) is 16.2 Å². The minimum absolute atomic E-state index is 0.0270. The number of amides is 4. The average molecular weight is 499 g/mol. The van der Waals surface area contributed by atoms with Crippen LogP contribution in [0.25, 0.3) is 0 Å². The Kier molecular flexibility index (Phi) is 10.9. The number of aliphatic hydroxyl groups excluding tert-OH is 1. The van der Waals surface area contributed by atoms with E-state index in [1.807, 2.05) is 45.0 Å². The number of urea groups is 1. The monoisotopic (exact) mass is 498 g/mol. The molecule has 194 valence electrons. The largest absolute Gasteiger partial charge is 0.481 e. The van der Waals surface area contributed by atoms with E-state index >= 15 is 0 Å². The number of benzene rings is 2. The number of rotatable bonds is 12. The number of aliphatic carboxylic acids is 1. The molecular formula is C26H34N4O6. The number of aryl methyl sites for hydroxylation is 1. The molecule has 0 radical (unpaired) electrons. The van der Waals surface area contributed by atoms with Gasteiger partial charge in [0, 0.05) is 17.9 Å². The van der Waals surface area contributed by atoms with Crippen LogP contribution in [0.1, 0.15) is 37.8 Å². The van der Waals surface area contributed by atoms with Gasteiger partial charge in [-0.15, -0.1) is 0 Å². The Labute approximate surface area is 210 Å². The maximum atomic E-state index is 12.6. The standard InChI is InChI=1S/C26H34N4O6/c1-16(2)12-22(25(35)27-15-20(31)14-24(33)34)29-23(32)13-18-8-10-19(11-9-18)28-26(36)30-21-7-5-4-6-17(21)3/h4-11,16,20,22,31H,12-15H2,1-3H3,(H,27,35)(H,29,32)(H,33,34)(H2,28,30,36). The molecule has 0 bridgehead atoms. The summed E-state index contributed by atoms with van der Waals surface area (Å²) in [5.74, 6) is -1.90. The van der Waals surface area contributed by atoms with Crippen LogP contribution in [0.15, 0.2) is 48.5 Å².